The van der Waals surface area contributed by atoms with Crippen molar-refractivity contribution >= 4 is 23.2 Å². The Morgan fingerprint density at radius 1 is 1.05 bits per heavy atom. The molecule has 9 nitrogen and oxygen atoms in total. The third kappa shape index (κ3) is 4.14. The second-order valence-corrected chi connectivity index (χ2v) is 8.79. The van der Waals surface area contributed by atoms with Gasteiger partial charge < -0.3 is 19.7 Å². The van der Waals surface area contributed by atoms with Crippen molar-refractivity contribution in [2.75, 3.05) is 28.2 Å². The summed E-state index contributed by atoms with van der Waals surface area (Å²) in [5.74, 6) is 0.772. The van der Waals surface area contributed by atoms with Crippen molar-refractivity contribution in [2.45, 2.75) is 18.3 Å². The van der Waals surface area contributed by atoms with E-state index in [0.29, 0.717) is 35.8 Å². The predicted octanol–water partition coefficient (Wildman–Crippen LogP) is 4.42. The molecule has 5 heterocycles. The highest BCUT2D eigenvalue weighted by Crippen LogP contribution is 2.41. The molecular weight excluding hydrogens is 489 g/mol. The first-order valence-corrected chi connectivity index (χ1v) is 11.3. The Labute approximate surface area is 208 Å². The first-order chi connectivity index (χ1) is 17.8. The molecule has 0 unspecified atom stereocenters. The second-order valence-electron chi connectivity index (χ2n) is 8.79. The van der Waals surface area contributed by atoms with E-state index in [9.17, 15) is 23.1 Å². The molecule has 3 aromatic heterocycles. The quantitative estimate of drug-likeness (QED) is 0.422. The number of fused-ring (bicyclic) bond motifs is 4. The van der Waals surface area contributed by atoms with Gasteiger partial charge in [-0.1, -0.05) is 12.1 Å². The Hall–Kier alpha value is -4.45. The van der Waals surface area contributed by atoms with Crippen molar-refractivity contribution in [3.05, 3.63) is 73.0 Å². The second kappa shape index (κ2) is 8.59. The lowest BCUT2D eigenvalue weighted by atomic mass is 10.1. The van der Waals surface area contributed by atoms with Crippen LogP contribution in [0.5, 0.6) is 0 Å². The third-order valence-electron chi connectivity index (χ3n) is 6.42. The highest BCUT2D eigenvalue weighted by molar-refractivity contribution is 6.05. The number of carbonyl (C=O) groups excluding carboxylic acids is 1. The van der Waals surface area contributed by atoms with Gasteiger partial charge in [0.1, 0.15) is 0 Å². The number of hydrogen-bond donors (Lipinski definition) is 2. The van der Waals surface area contributed by atoms with Gasteiger partial charge in [0, 0.05) is 42.3 Å². The molecular formula is C25H19F3N6O3. The minimum atomic E-state index is -4.56. The summed E-state index contributed by atoms with van der Waals surface area (Å²) in [6, 6.07) is 10.1. The predicted molar refractivity (Wildman–Crippen MR) is 128 cm³/mol. The maximum atomic E-state index is 13.5. The van der Waals surface area contributed by atoms with E-state index in [1.807, 2.05) is 11.0 Å². The summed E-state index contributed by atoms with van der Waals surface area (Å²) in [4.78, 5) is 29.0. The molecule has 0 saturated carbocycles. The molecule has 188 valence electrons. The zero-order valence-electron chi connectivity index (χ0n) is 19.1. The van der Waals surface area contributed by atoms with Gasteiger partial charge in [-0.15, -0.1) is 0 Å². The number of oxazole rings is 1. The van der Waals surface area contributed by atoms with Gasteiger partial charge in [-0.05, 0) is 30.3 Å². The van der Waals surface area contributed by atoms with E-state index in [2.05, 4.69) is 20.3 Å². The summed E-state index contributed by atoms with van der Waals surface area (Å²) in [6.07, 6.45) is -0.495. The SMILES string of the molecule is O=C(Nc1cccc(-c2cnco2)c1)N1c2nc(-c3cncc(C(F)(F)F)c3)ccc2N2C[C@@H](O)[C@H]1C2. The van der Waals surface area contributed by atoms with Crippen LogP contribution in [0.3, 0.4) is 0 Å². The molecule has 2 aliphatic rings. The number of nitrogens with zero attached hydrogens (tertiary/aromatic N) is 5. The topological polar surface area (TPSA) is 108 Å². The van der Waals surface area contributed by atoms with Crippen molar-refractivity contribution in [1.82, 2.24) is 15.0 Å². The Balaban J connectivity index is 1.36. The molecule has 1 aromatic carbocycles. The highest BCUT2D eigenvalue weighted by Gasteiger charge is 2.45. The molecule has 0 aliphatic carbocycles. The van der Waals surface area contributed by atoms with E-state index >= 15 is 0 Å². The molecule has 1 fully saturated rings. The zero-order chi connectivity index (χ0) is 25.7. The number of hydrogen-bond acceptors (Lipinski definition) is 7. The molecule has 37 heavy (non-hydrogen) atoms. The average Bonchev–Trinajstić information content (AvgIpc) is 3.53. The fraction of sp³-hybridized carbons (Fsp3) is 0.200. The van der Waals surface area contributed by atoms with Gasteiger partial charge in [-0.25, -0.2) is 14.8 Å². The van der Waals surface area contributed by atoms with Crippen molar-refractivity contribution in [1.29, 1.82) is 0 Å². The number of urea groups is 1. The maximum absolute atomic E-state index is 13.5. The average molecular weight is 508 g/mol. The number of halogens is 3. The van der Waals surface area contributed by atoms with Crippen LogP contribution in [-0.2, 0) is 6.18 Å². The Kier molecular flexibility index (Phi) is 5.33. The Bertz CT molecular complexity index is 1480. The fourth-order valence-electron chi connectivity index (χ4n) is 4.68. The molecule has 2 amide bonds. The molecule has 1 saturated heterocycles. The minimum absolute atomic E-state index is 0.159. The standard InChI is InChI=1S/C25H19F3N6O3/c26-25(27,28)16-6-15(8-29-9-16)18-4-5-19-23(32-18)34(20-11-33(19)12-21(20)35)24(36)31-17-3-1-2-14(7-17)22-10-30-13-37-22/h1-10,13,20-21,35H,11-12H2,(H,31,36)/t20-,21-/m1/s1. The number of amides is 2. The monoisotopic (exact) mass is 508 g/mol. The summed E-state index contributed by atoms with van der Waals surface area (Å²) in [6.45, 7) is 0.695. The smallest absolute Gasteiger partial charge is 0.417 e. The van der Waals surface area contributed by atoms with Crippen LogP contribution < -0.4 is 15.1 Å². The maximum Gasteiger partial charge on any atom is 0.417 e. The summed E-state index contributed by atoms with van der Waals surface area (Å²) in [5, 5.41) is 13.5. The Morgan fingerprint density at radius 2 is 1.92 bits per heavy atom. The minimum Gasteiger partial charge on any atom is -0.444 e. The van der Waals surface area contributed by atoms with Gasteiger partial charge in [-0.2, -0.15) is 13.2 Å². The van der Waals surface area contributed by atoms with Crippen LogP contribution in [0.25, 0.3) is 22.6 Å². The van der Waals surface area contributed by atoms with Crippen LogP contribution in [0.1, 0.15) is 5.56 Å². The number of aromatic nitrogens is 3. The number of carbonyl (C=O) groups is 1. The van der Waals surface area contributed by atoms with E-state index in [-0.39, 0.29) is 17.1 Å². The molecule has 12 heteroatoms. The molecule has 4 aromatic rings. The van der Waals surface area contributed by atoms with Crippen LogP contribution >= 0.6 is 0 Å². The molecule has 2 bridgehead atoms. The van der Waals surface area contributed by atoms with Gasteiger partial charge in [0.25, 0.3) is 0 Å². The van der Waals surface area contributed by atoms with Gasteiger partial charge in [0.15, 0.2) is 18.0 Å². The Morgan fingerprint density at radius 3 is 2.70 bits per heavy atom. The number of pyridine rings is 2. The molecule has 2 N–H and O–H groups in total. The summed E-state index contributed by atoms with van der Waals surface area (Å²) in [7, 11) is 0. The number of anilines is 3. The number of aliphatic hydroxyl groups excluding tert-OH is 1. The number of nitrogens with one attached hydrogen (secondary N) is 1. The largest absolute Gasteiger partial charge is 0.444 e. The molecule has 2 aliphatic heterocycles. The fourth-order valence-corrected chi connectivity index (χ4v) is 4.68. The van der Waals surface area contributed by atoms with E-state index in [1.54, 1.807) is 36.5 Å². The normalized spacial score (nSPS) is 18.6. The van der Waals surface area contributed by atoms with E-state index < -0.39 is 29.9 Å². The number of rotatable bonds is 3. The van der Waals surface area contributed by atoms with E-state index in [0.717, 1.165) is 12.3 Å². The lowest BCUT2D eigenvalue weighted by Gasteiger charge is -2.36. The summed E-state index contributed by atoms with van der Waals surface area (Å²) in [5.41, 5.74) is 1.27. The van der Waals surface area contributed by atoms with Crippen LogP contribution in [-0.4, -0.2) is 51.3 Å². The van der Waals surface area contributed by atoms with E-state index in [1.165, 1.54) is 17.5 Å². The van der Waals surface area contributed by atoms with Crippen molar-refractivity contribution in [2.24, 2.45) is 0 Å². The molecule has 2 atom stereocenters. The van der Waals surface area contributed by atoms with Crippen molar-refractivity contribution in [3.8, 4) is 22.6 Å². The molecule has 0 spiro atoms. The first kappa shape index (κ1) is 23.0. The summed E-state index contributed by atoms with van der Waals surface area (Å²) < 4.78 is 45.0. The van der Waals surface area contributed by atoms with Crippen molar-refractivity contribution in [3.63, 3.8) is 0 Å². The van der Waals surface area contributed by atoms with E-state index in [4.69, 9.17) is 4.42 Å². The van der Waals surface area contributed by atoms with Gasteiger partial charge in [0.05, 0.1) is 35.3 Å². The van der Waals surface area contributed by atoms with Crippen LogP contribution in [0, 0.1) is 0 Å². The number of benzene rings is 1. The molecule has 0 radical (unpaired) electrons. The number of aliphatic hydroxyl groups is 1. The zero-order valence-corrected chi connectivity index (χ0v) is 19.1. The first-order valence-electron chi connectivity index (χ1n) is 11.3. The lowest BCUT2D eigenvalue weighted by Crippen LogP contribution is -2.51. The summed E-state index contributed by atoms with van der Waals surface area (Å²) >= 11 is 0. The highest BCUT2D eigenvalue weighted by atomic mass is 19.4. The van der Waals surface area contributed by atoms with Gasteiger partial charge in [0.2, 0.25) is 0 Å². The lowest BCUT2D eigenvalue weighted by molar-refractivity contribution is -0.137. The van der Waals surface area contributed by atoms with Gasteiger partial charge in [-0.3, -0.25) is 9.88 Å². The molecule has 6 rings (SSSR count). The van der Waals surface area contributed by atoms with Gasteiger partial charge >= 0.3 is 12.2 Å². The third-order valence-corrected chi connectivity index (χ3v) is 6.42. The van der Waals surface area contributed by atoms with Crippen molar-refractivity contribution < 1.29 is 27.5 Å². The number of alkyl halides is 3. The van der Waals surface area contributed by atoms with Crippen LogP contribution in [0.2, 0.25) is 0 Å². The van der Waals surface area contributed by atoms with Crippen LogP contribution in [0.4, 0.5) is 35.2 Å². The van der Waals surface area contributed by atoms with Crippen LogP contribution in [0.15, 0.2) is 71.9 Å².